The van der Waals surface area contributed by atoms with Gasteiger partial charge in [-0.15, -0.1) is 0 Å². The fraction of sp³-hybridized carbons (Fsp3) is 0.235. The molecule has 3 nitrogen and oxygen atoms in total. The van der Waals surface area contributed by atoms with Crippen LogP contribution in [-0.2, 0) is 0 Å². The Morgan fingerprint density at radius 3 is 2.45 bits per heavy atom. The van der Waals surface area contributed by atoms with Crippen LogP contribution in [0.3, 0.4) is 0 Å². The Morgan fingerprint density at radius 2 is 1.82 bits per heavy atom. The highest BCUT2D eigenvalue weighted by Gasteiger charge is 2.27. The third-order valence-electron chi connectivity index (χ3n) is 3.80. The van der Waals surface area contributed by atoms with Gasteiger partial charge in [-0.2, -0.15) is 5.26 Å². The summed E-state index contributed by atoms with van der Waals surface area (Å²) in [6.45, 7) is 1.10. The van der Waals surface area contributed by atoms with E-state index in [1.54, 1.807) is 11.0 Å². The van der Waals surface area contributed by atoms with Crippen LogP contribution in [-0.4, -0.2) is 19.1 Å². The van der Waals surface area contributed by atoms with E-state index in [9.17, 15) is 8.78 Å². The van der Waals surface area contributed by atoms with Crippen LogP contribution in [0.4, 0.5) is 20.2 Å². The SMILES string of the molecule is N#Cc1cc(F)c(N2CCC(Nc3ccccc3)C2)c(F)c1. The van der Waals surface area contributed by atoms with Gasteiger partial charge in [-0.3, -0.25) is 0 Å². The molecule has 112 valence electrons. The lowest BCUT2D eigenvalue weighted by Crippen LogP contribution is -2.27. The topological polar surface area (TPSA) is 39.1 Å². The number of anilines is 2. The first-order chi connectivity index (χ1) is 10.7. The van der Waals surface area contributed by atoms with Crippen molar-refractivity contribution >= 4 is 11.4 Å². The molecule has 0 aromatic heterocycles. The summed E-state index contributed by atoms with van der Waals surface area (Å²) in [6, 6.07) is 13.8. The zero-order valence-corrected chi connectivity index (χ0v) is 11.9. The Hall–Kier alpha value is -2.61. The molecule has 1 N–H and O–H groups in total. The second-order valence-electron chi connectivity index (χ2n) is 5.34. The van der Waals surface area contributed by atoms with Crippen LogP contribution in [0.1, 0.15) is 12.0 Å². The molecule has 1 heterocycles. The molecule has 0 amide bonds. The number of nitrogens with one attached hydrogen (secondary N) is 1. The summed E-state index contributed by atoms with van der Waals surface area (Å²) in [6.07, 6.45) is 0.799. The molecule has 1 unspecified atom stereocenters. The molecule has 1 atom stereocenters. The van der Waals surface area contributed by atoms with Gasteiger partial charge in [0.2, 0.25) is 0 Å². The molecule has 5 heteroatoms. The maximum Gasteiger partial charge on any atom is 0.150 e. The van der Waals surface area contributed by atoms with Crippen molar-refractivity contribution in [3.63, 3.8) is 0 Å². The molecule has 0 aliphatic carbocycles. The number of benzene rings is 2. The van der Waals surface area contributed by atoms with E-state index in [1.807, 2.05) is 30.3 Å². The highest BCUT2D eigenvalue weighted by molar-refractivity contribution is 5.54. The van der Waals surface area contributed by atoms with Crippen LogP contribution in [0, 0.1) is 23.0 Å². The van der Waals surface area contributed by atoms with Crippen LogP contribution in [0.15, 0.2) is 42.5 Å². The zero-order chi connectivity index (χ0) is 15.5. The third-order valence-corrected chi connectivity index (χ3v) is 3.80. The maximum atomic E-state index is 14.1. The van der Waals surface area contributed by atoms with Gasteiger partial charge < -0.3 is 10.2 Å². The minimum absolute atomic E-state index is 0.00286. The summed E-state index contributed by atoms with van der Waals surface area (Å²) in [7, 11) is 0. The average molecular weight is 299 g/mol. The summed E-state index contributed by atoms with van der Waals surface area (Å²) in [5.41, 5.74) is 0.948. The molecule has 0 radical (unpaired) electrons. The number of hydrogen-bond donors (Lipinski definition) is 1. The van der Waals surface area contributed by atoms with Gasteiger partial charge >= 0.3 is 0 Å². The van der Waals surface area contributed by atoms with E-state index in [2.05, 4.69) is 5.32 Å². The minimum Gasteiger partial charge on any atom is -0.380 e. The number of halogens is 2. The van der Waals surface area contributed by atoms with Crippen molar-refractivity contribution in [3.05, 3.63) is 59.7 Å². The summed E-state index contributed by atoms with van der Waals surface area (Å²) in [5.74, 6) is -1.37. The lowest BCUT2D eigenvalue weighted by atomic mass is 10.2. The fourth-order valence-electron chi connectivity index (χ4n) is 2.78. The van der Waals surface area contributed by atoms with Gasteiger partial charge in [0.15, 0.2) is 11.6 Å². The Bertz CT molecular complexity index is 687. The molecule has 1 fully saturated rings. The van der Waals surface area contributed by atoms with Crippen LogP contribution < -0.4 is 10.2 Å². The number of rotatable bonds is 3. The summed E-state index contributed by atoms with van der Waals surface area (Å²) in [4.78, 5) is 1.69. The third kappa shape index (κ3) is 2.86. The van der Waals surface area contributed by atoms with Crippen molar-refractivity contribution in [3.8, 4) is 6.07 Å². The van der Waals surface area contributed by atoms with E-state index in [4.69, 9.17) is 5.26 Å². The minimum atomic E-state index is -0.683. The Labute approximate surface area is 127 Å². The smallest absolute Gasteiger partial charge is 0.150 e. The van der Waals surface area contributed by atoms with Gasteiger partial charge in [0.05, 0.1) is 11.6 Å². The second-order valence-corrected chi connectivity index (χ2v) is 5.34. The van der Waals surface area contributed by atoms with E-state index < -0.39 is 11.6 Å². The Kier molecular flexibility index (Phi) is 3.92. The van der Waals surface area contributed by atoms with E-state index >= 15 is 0 Å². The molecule has 1 aliphatic heterocycles. The van der Waals surface area contributed by atoms with Gasteiger partial charge in [0.25, 0.3) is 0 Å². The standard InChI is InChI=1S/C17H15F2N3/c18-15-8-12(10-20)9-16(19)17(15)22-7-6-14(11-22)21-13-4-2-1-3-5-13/h1-5,8-9,14,21H,6-7,11H2. The average Bonchev–Trinajstić information content (AvgIpc) is 2.95. The van der Waals surface area contributed by atoms with E-state index in [0.29, 0.717) is 13.1 Å². The molecule has 1 aliphatic rings. The molecule has 1 saturated heterocycles. The predicted molar refractivity (Wildman–Crippen MR) is 81.8 cm³/mol. The molecule has 22 heavy (non-hydrogen) atoms. The second kappa shape index (κ2) is 6.02. The Morgan fingerprint density at radius 1 is 1.14 bits per heavy atom. The van der Waals surface area contributed by atoms with Gasteiger partial charge in [0.1, 0.15) is 5.69 Å². The highest BCUT2D eigenvalue weighted by Crippen LogP contribution is 2.29. The van der Waals surface area contributed by atoms with Gasteiger partial charge in [0, 0.05) is 24.8 Å². The maximum absolute atomic E-state index is 14.1. The summed E-state index contributed by atoms with van der Waals surface area (Å²) < 4.78 is 28.1. The normalized spacial score (nSPS) is 17.3. The van der Waals surface area contributed by atoms with E-state index in [1.165, 1.54) is 0 Å². The van der Waals surface area contributed by atoms with Crippen molar-refractivity contribution in [1.82, 2.24) is 0 Å². The quantitative estimate of drug-likeness (QED) is 0.942. The molecule has 0 saturated carbocycles. The molecular formula is C17H15F2N3. The van der Waals surface area contributed by atoms with Crippen LogP contribution >= 0.6 is 0 Å². The van der Waals surface area contributed by atoms with Crippen molar-refractivity contribution in [2.24, 2.45) is 0 Å². The molecule has 2 aromatic carbocycles. The van der Waals surface area contributed by atoms with Crippen LogP contribution in [0.25, 0.3) is 0 Å². The lowest BCUT2D eigenvalue weighted by Gasteiger charge is -2.21. The molecule has 3 rings (SSSR count). The van der Waals surface area contributed by atoms with Crippen LogP contribution in [0.2, 0.25) is 0 Å². The summed E-state index contributed by atoms with van der Waals surface area (Å²) >= 11 is 0. The molecule has 0 spiro atoms. The largest absolute Gasteiger partial charge is 0.380 e. The van der Waals surface area contributed by atoms with Crippen molar-refractivity contribution < 1.29 is 8.78 Å². The number of hydrogen-bond acceptors (Lipinski definition) is 3. The molecular weight excluding hydrogens is 284 g/mol. The number of para-hydroxylation sites is 1. The number of nitrogens with zero attached hydrogens (tertiary/aromatic N) is 2. The van der Waals surface area contributed by atoms with Gasteiger partial charge in [-0.25, -0.2) is 8.78 Å². The van der Waals surface area contributed by atoms with E-state index in [-0.39, 0.29) is 17.3 Å². The van der Waals surface area contributed by atoms with Crippen molar-refractivity contribution in [2.75, 3.05) is 23.3 Å². The highest BCUT2D eigenvalue weighted by atomic mass is 19.1. The zero-order valence-electron chi connectivity index (χ0n) is 11.9. The van der Waals surface area contributed by atoms with Gasteiger partial charge in [-0.1, -0.05) is 18.2 Å². The van der Waals surface area contributed by atoms with Crippen molar-refractivity contribution in [2.45, 2.75) is 12.5 Å². The van der Waals surface area contributed by atoms with Crippen LogP contribution in [0.5, 0.6) is 0 Å². The predicted octanol–water partition coefficient (Wildman–Crippen LogP) is 3.53. The Balaban J connectivity index is 1.75. The van der Waals surface area contributed by atoms with Gasteiger partial charge in [-0.05, 0) is 30.7 Å². The first kappa shape index (κ1) is 14.3. The molecule has 2 aromatic rings. The lowest BCUT2D eigenvalue weighted by molar-refractivity contribution is 0.576. The monoisotopic (exact) mass is 299 g/mol. The fourth-order valence-corrected chi connectivity index (χ4v) is 2.78. The van der Waals surface area contributed by atoms with E-state index in [0.717, 1.165) is 24.2 Å². The summed E-state index contributed by atoms with van der Waals surface area (Å²) in [5, 5.41) is 12.1. The first-order valence-electron chi connectivity index (χ1n) is 7.13. The van der Waals surface area contributed by atoms with Crippen molar-refractivity contribution in [1.29, 1.82) is 5.26 Å². The molecule has 0 bridgehead atoms. The number of nitriles is 1. The first-order valence-corrected chi connectivity index (χ1v) is 7.13.